The quantitative estimate of drug-likeness (QED) is 0.475. The lowest BCUT2D eigenvalue weighted by molar-refractivity contribution is -0.134. The molecule has 2 aliphatic heterocycles. The Morgan fingerprint density at radius 1 is 1.15 bits per heavy atom. The van der Waals surface area contributed by atoms with Crippen LogP contribution >= 0.6 is 0 Å². The number of hydrogen-bond acceptors (Lipinski definition) is 7. The number of rotatable bonds is 6. The average Bonchev–Trinajstić information content (AvgIpc) is 3.38. The maximum absolute atomic E-state index is 14.0. The van der Waals surface area contributed by atoms with Gasteiger partial charge >= 0.3 is 0 Å². The first-order valence-electron chi connectivity index (χ1n) is 12.6. The molecule has 1 saturated carbocycles. The fraction of sp³-hybridized carbons (Fsp3) is 0.385. The minimum absolute atomic E-state index is 0.0366. The fourth-order valence-corrected chi connectivity index (χ4v) is 7.44. The summed E-state index contributed by atoms with van der Waals surface area (Å²) in [5.41, 5.74) is 0.576. The van der Waals surface area contributed by atoms with Crippen molar-refractivity contribution in [3.8, 4) is 0 Å². The molecule has 0 saturated heterocycles. The molecule has 2 aromatic rings. The summed E-state index contributed by atoms with van der Waals surface area (Å²) in [4.78, 5) is 15.4. The highest BCUT2D eigenvalue weighted by molar-refractivity contribution is 7.92. The summed E-state index contributed by atoms with van der Waals surface area (Å²) in [5, 5.41) is 14.1. The Morgan fingerprint density at radius 3 is 2.46 bits per heavy atom. The van der Waals surface area contributed by atoms with Crippen LogP contribution in [0, 0.1) is 17.7 Å². The van der Waals surface area contributed by atoms with Gasteiger partial charge in [0.15, 0.2) is 5.84 Å². The topological polar surface area (TPSA) is 145 Å². The highest BCUT2D eigenvalue weighted by Gasteiger charge is 2.46. The average molecular weight is 577 g/mol. The van der Waals surface area contributed by atoms with Gasteiger partial charge in [0.1, 0.15) is 22.0 Å². The van der Waals surface area contributed by atoms with E-state index in [0.29, 0.717) is 5.56 Å². The van der Waals surface area contributed by atoms with Crippen LogP contribution in [0.15, 0.2) is 63.1 Å². The van der Waals surface area contributed by atoms with Gasteiger partial charge in [0.2, 0.25) is 10.0 Å². The zero-order chi connectivity index (χ0) is 28.1. The molecule has 0 bridgehead atoms. The highest BCUT2D eigenvalue weighted by atomic mass is 32.2. The van der Waals surface area contributed by atoms with Gasteiger partial charge in [-0.3, -0.25) is 9.52 Å². The number of aliphatic hydroxyl groups is 1. The molecule has 1 fully saturated rings. The molecule has 0 unspecified atom stereocenters. The number of sulfonamides is 2. The number of nitrogens with zero attached hydrogens (tertiary/aromatic N) is 2. The minimum Gasteiger partial charge on any atom is -0.511 e. The summed E-state index contributed by atoms with van der Waals surface area (Å²) in [6.07, 6.45) is 4.77. The van der Waals surface area contributed by atoms with Gasteiger partial charge < -0.3 is 15.3 Å². The molecule has 0 radical (unpaired) electrons. The Bertz CT molecular complexity index is 1600. The van der Waals surface area contributed by atoms with E-state index in [-0.39, 0.29) is 51.9 Å². The molecule has 2 atom stereocenters. The Morgan fingerprint density at radius 2 is 1.82 bits per heavy atom. The van der Waals surface area contributed by atoms with Gasteiger partial charge in [-0.25, -0.2) is 12.8 Å². The van der Waals surface area contributed by atoms with Gasteiger partial charge in [-0.05, 0) is 54.7 Å². The van der Waals surface area contributed by atoms with Crippen molar-refractivity contribution >= 4 is 43.2 Å². The fourth-order valence-electron chi connectivity index (χ4n) is 5.74. The van der Waals surface area contributed by atoms with E-state index in [2.05, 4.69) is 14.4 Å². The number of anilines is 2. The van der Waals surface area contributed by atoms with Crippen LogP contribution in [0.1, 0.15) is 38.2 Å². The lowest BCUT2D eigenvalue weighted by atomic mass is 9.80. The van der Waals surface area contributed by atoms with Gasteiger partial charge in [0.25, 0.3) is 15.9 Å². The van der Waals surface area contributed by atoms with E-state index in [9.17, 15) is 31.1 Å². The summed E-state index contributed by atoms with van der Waals surface area (Å²) >= 11 is 0. The van der Waals surface area contributed by atoms with Crippen molar-refractivity contribution in [2.24, 2.45) is 16.2 Å². The molecular formula is C26H29FN4O6S2. The minimum atomic E-state index is -4.36. The lowest BCUT2D eigenvalue weighted by Gasteiger charge is -2.43. The van der Waals surface area contributed by atoms with Crippen LogP contribution in [-0.2, 0) is 31.4 Å². The van der Waals surface area contributed by atoms with Crippen molar-refractivity contribution < 1.29 is 31.1 Å². The van der Waals surface area contributed by atoms with Crippen molar-refractivity contribution in [1.82, 2.24) is 4.90 Å². The van der Waals surface area contributed by atoms with Crippen LogP contribution in [0.4, 0.5) is 15.8 Å². The van der Waals surface area contributed by atoms with Gasteiger partial charge in [0.05, 0.1) is 11.9 Å². The van der Waals surface area contributed by atoms with E-state index in [4.69, 9.17) is 0 Å². The number of amides is 1. The molecule has 1 amide bonds. The van der Waals surface area contributed by atoms with Crippen molar-refractivity contribution in [3.63, 3.8) is 0 Å². The normalized spacial score (nSPS) is 23.3. The Balaban J connectivity index is 1.55. The summed E-state index contributed by atoms with van der Waals surface area (Å²) in [5.74, 6) is -1.88. The standard InChI is InChI=1S/C26H29FN4O6S2/c1-15-23(17-5-3-4-6-17)31(14-16-7-9-18(27)10-8-16)26(33)22(24(15)32)25-28-20-12-11-19(29-38(2,34)35)13-21(20)39(36,37)30-25/h7-13,15,17,23,29,32H,3-6,14H2,1-2H3,(H,28,30)/t15-,23-/m1/s1. The second-order valence-corrected chi connectivity index (χ2v) is 13.6. The number of amidine groups is 1. The van der Waals surface area contributed by atoms with Gasteiger partial charge in [-0.1, -0.05) is 31.9 Å². The van der Waals surface area contributed by atoms with Crippen LogP contribution < -0.4 is 10.0 Å². The van der Waals surface area contributed by atoms with E-state index in [1.165, 1.54) is 24.3 Å². The molecule has 0 aromatic heterocycles. The maximum Gasteiger partial charge on any atom is 0.286 e. The summed E-state index contributed by atoms with van der Waals surface area (Å²) in [6, 6.07) is 9.36. The van der Waals surface area contributed by atoms with E-state index in [1.807, 2.05) is 0 Å². The van der Waals surface area contributed by atoms with Crippen molar-refractivity contribution in [1.29, 1.82) is 0 Å². The predicted octanol–water partition coefficient (Wildman–Crippen LogP) is 3.76. The lowest BCUT2D eigenvalue weighted by Crippen LogP contribution is -2.53. The summed E-state index contributed by atoms with van der Waals surface area (Å²) in [7, 11) is -8.01. The molecule has 39 heavy (non-hydrogen) atoms. The molecule has 0 spiro atoms. The zero-order valence-corrected chi connectivity index (χ0v) is 23.0. The van der Waals surface area contributed by atoms with Crippen LogP contribution in [0.5, 0.6) is 0 Å². The number of halogens is 1. The molecule has 208 valence electrons. The Kier molecular flexibility index (Phi) is 6.91. The van der Waals surface area contributed by atoms with Crippen molar-refractivity contribution in [2.75, 3.05) is 16.3 Å². The number of fused-ring (bicyclic) bond motifs is 1. The van der Waals surface area contributed by atoms with E-state index >= 15 is 0 Å². The number of hydrogen-bond donors (Lipinski definition) is 3. The Hall–Kier alpha value is -3.45. The van der Waals surface area contributed by atoms with Crippen molar-refractivity contribution in [2.45, 2.75) is 50.1 Å². The first-order chi connectivity index (χ1) is 18.3. The molecule has 2 aromatic carbocycles. The SMILES string of the molecule is C[C@H]1C(O)=C(C2=NS(=O)(=O)c3cc(NS(C)(=O)=O)ccc3N2)C(=O)N(Cc2ccc(F)cc2)[C@H]1C1CCCC1. The maximum atomic E-state index is 14.0. The molecule has 3 N–H and O–H groups in total. The van der Waals surface area contributed by atoms with Crippen LogP contribution in [0.3, 0.4) is 0 Å². The van der Waals surface area contributed by atoms with Gasteiger partial charge in [-0.2, -0.15) is 8.42 Å². The smallest absolute Gasteiger partial charge is 0.286 e. The highest BCUT2D eigenvalue weighted by Crippen LogP contribution is 2.41. The third-order valence-corrected chi connectivity index (χ3v) is 9.37. The summed E-state index contributed by atoms with van der Waals surface area (Å²) < 4.78 is 69.1. The van der Waals surface area contributed by atoms with Crippen LogP contribution in [0.2, 0.25) is 0 Å². The second-order valence-electron chi connectivity index (χ2n) is 10.3. The number of benzene rings is 2. The first kappa shape index (κ1) is 27.1. The molecule has 13 heteroatoms. The number of aliphatic hydroxyl groups excluding tert-OH is 1. The predicted molar refractivity (Wildman–Crippen MR) is 145 cm³/mol. The third-order valence-electron chi connectivity index (χ3n) is 7.45. The van der Waals surface area contributed by atoms with E-state index < -0.39 is 37.7 Å². The van der Waals surface area contributed by atoms with E-state index in [1.54, 1.807) is 24.0 Å². The molecule has 1 aliphatic carbocycles. The number of nitrogens with one attached hydrogen (secondary N) is 2. The molecule has 3 aliphatic rings. The molecule has 10 nitrogen and oxygen atoms in total. The Labute approximate surface area is 226 Å². The largest absolute Gasteiger partial charge is 0.511 e. The third kappa shape index (κ3) is 5.37. The first-order valence-corrected chi connectivity index (χ1v) is 15.9. The zero-order valence-electron chi connectivity index (χ0n) is 21.4. The molecule has 2 heterocycles. The van der Waals surface area contributed by atoms with E-state index in [0.717, 1.165) is 38.0 Å². The molecule has 5 rings (SSSR count). The van der Waals surface area contributed by atoms with Crippen molar-refractivity contribution in [3.05, 3.63) is 65.2 Å². The van der Waals surface area contributed by atoms with Gasteiger partial charge in [-0.15, -0.1) is 4.40 Å². The number of carbonyl (C=O) groups is 1. The van der Waals surface area contributed by atoms with Gasteiger partial charge in [0, 0.05) is 24.2 Å². The monoisotopic (exact) mass is 576 g/mol. The molecular weight excluding hydrogens is 547 g/mol. The second kappa shape index (κ2) is 9.94. The number of carbonyl (C=O) groups excluding carboxylic acids is 1. The van der Waals surface area contributed by atoms with Crippen LogP contribution in [0.25, 0.3) is 0 Å². The van der Waals surface area contributed by atoms with Crippen LogP contribution in [-0.4, -0.2) is 50.9 Å². The summed E-state index contributed by atoms with van der Waals surface area (Å²) in [6.45, 7) is 1.95.